The standard InChI is InChI=1S/C5H6F6O2S/c1-3(2-14-13-12,4(6,7)8)5(9,10)11/h12H,2H2,1H3. The van der Waals surface area contributed by atoms with E-state index in [1.54, 1.807) is 0 Å². The first-order chi connectivity index (χ1) is 6.06. The van der Waals surface area contributed by atoms with E-state index in [1.807, 2.05) is 0 Å². The SMILES string of the molecule is CC(CSOO)(C(F)(F)F)C(F)(F)F. The van der Waals surface area contributed by atoms with Gasteiger partial charge in [0.05, 0.1) is 0 Å². The lowest BCUT2D eigenvalue weighted by Gasteiger charge is -2.32. The molecular weight excluding hydrogens is 238 g/mol. The molecule has 0 aromatic carbocycles. The average Bonchev–Trinajstić information content (AvgIpc) is 1.95. The van der Waals surface area contributed by atoms with Crippen LogP contribution in [-0.4, -0.2) is 23.4 Å². The first kappa shape index (κ1) is 13.8. The van der Waals surface area contributed by atoms with Crippen molar-refractivity contribution in [3.8, 4) is 0 Å². The predicted octanol–water partition coefficient (Wildman–Crippen LogP) is 3.26. The summed E-state index contributed by atoms with van der Waals surface area (Å²) < 4.78 is 75.5. The van der Waals surface area contributed by atoms with Gasteiger partial charge in [-0.15, -0.1) is 0 Å². The maximum Gasteiger partial charge on any atom is 0.403 e. The highest BCUT2D eigenvalue weighted by atomic mass is 32.2. The van der Waals surface area contributed by atoms with Crippen molar-refractivity contribution < 1.29 is 35.9 Å². The zero-order chi connectivity index (χ0) is 11.6. The third kappa shape index (κ3) is 2.67. The van der Waals surface area contributed by atoms with Crippen LogP contribution in [0.3, 0.4) is 0 Å². The Balaban J connectivity index is 4.87. The van der Waals surface area contributed by atoms with E-state index in [1.165, 1.54) is 0 Å². The molecule has 0 aliphatic heterocycles. The fourth-order valence-corrected chi connectivity index (χ4v) is 1.08. The van der Waals surface area contributed by atoms with Crippen LogP contribution in [0.2, 0.25) is 0 Å². The van der Waals surface area contributed by atoms with Crippen molar-refractivity contribution in [3.05, 3.63) is 0 Å². The molecule has 86 valence electrons. The Hall–Kier alpha value is -0.150. The maximum absolute atomic E-state index is 12.1. The molecule has 0 saturated heterocycles. The molecule has 0 aromatic rings. The van der Waals surface area contributed by atoms with Gasteiger partial charge in [0.2, 0.25) is 0 Å². The number of alkyl halides is 6. The van der Waals surface area contributed by atoms with Crippen LogP contribution >= 0.6 is 12.0 Å². The molecule has 2 nitrogen and oxygen atoms in total. The lowest BCUT2D eigenvalue weighted by atomic mass is 9.92. The number of hydrogen-bond acceptors (Lipinski definition) is 3. The van der Waals surface area contributed by atoms with Crippen LogP contribution < -0.4 is 0 Å². The topological polar surface area (TPSA) is 29.5 Å². The van der Waals surface area contributed by atoms with Gasteiger partial charge in [0, 0.05) is 17.8 Å². The van der Waals surface area contributed by atoms with Gasteiger partial charge in [-0.05, 0) is 6.92 Å². The number of rotatable bonds is 3. The molecule has 1 N–H and O–H groups in total. The van der Waals surface area contributed by atoms with Gasteiger partial charge in [0.15, 0.2) is 5.41 Å². The molecule has 0 atom stereocenters. The van der Waals surface area contributed by atoms with Gasteiger partial charge in [-0.2, -0.15) is 30.7 Å². The van der Waals surface area contributed by atoms with Crippen molar-refractivity contribution in [2.75, 3.05) is 5.75 Å². The third-order valence-electron chi connectivity index (χ3n) is 1.65. The Morgan fingerprint density at radius 3 is 1.64 bits per heavy atom. The largest absolute Gasteiger partial charge is 0.403 e. The van der Waals surface area contributed by atoms with Crippen LogP contribution in [0.1, 0.15) is 6.92 Å². The van der Waals surface area contributed by atoms with Crippen molar-refractivity contribution in [1.29, 1.82) is 0 Å². The second-order valence-electron chi connectivity index (χ2n) is 2.66. The molecule has 0 aliphatic rings. The summed E-state index contributed by atoms with van der Waals surface area (Å²) in [6, 6.07) is 0. The van der Waals surface area contributed by atoms with E-state index in [0.717, 1.165) is 0 Å². The van der Waals surface area contributed by atoms with Crippen molar-refractivity contribution in [3.63, 3.8) is 0 Å². The first-order valence-electron chi connectivity index (χ1n) is 3.13. The van der Waals surface area contributed by atoms with E-state index in [0.29, 0.717) is 0 Å². The second kappa shape index (κ2) is 4.15. The summed E-state index contributed by atoms with van der Waals surface area (Å²) in [4.78, 5) is 0. The highest BCUT2D eigenvalue weighted by Crippen LogP contribution is 2.51. The summed E-state index contributed by atoms with van der Waals surface area (Å²) in [5.74, 6) is -1.46. The molecule has 0 bridgehead atoms. The van der Waals surface area contributed by atoms with Gasteiger partial charge in [-0.1, -0.05) is 0 Å². The summed E-state index contributed by atoms with van der Waals surface area (Å²) >= 11 is -0.316. The minimum absolute atomic E-state index is 0.000972. The fourth-order valence-electron chi connectivity index (χ4n) is 0.469. The molecule has 0 aromatic heterocycles. The lowest BCUT2D eigenvalue weighted by molar-refractivity contribution is -0.325. The molecule has 14 heavy (non-hydrogen) atoms. The molecular formula is C5H6F6O2S. The highest BCUT2D eigenvalue weighted by Gasteiger charge is 2.67. The van der Waals surface area contributed by atoms with Gasteiger partial charge < -0.3 is 0 Å². The Bertz CT molecular complexity index is 174. The van der Waals surface area contributed by atoms with Crippen molar-refractivity contribution >= 4 is 12.0 Å². The minimum Gasteiger partial charge on any atom is -0.239 e. The van der Waals surface area contributed by atoms with Gasteiger partial charge in [0.1, 0.15) is 0 Å². The summed E-state index contributed by atoms with van der Waals surface area (Å²) in [6.07, 6.45) is -10.9. The van der Waals surface area contributed by atoms with E-state index in [2.05, 4.69) is 4.33 Å². The average molecular weight is 244 g/mol. The van der Waals surface area contributed by atoms with E-state index >= 15 is 0 Å². The van der Waals surface area contributed by atoms with Crippen LogP contribution in [0.15, 0.2) is 0 Å². The smallest absolute Gasteiger partial charge is 0.239 e. The quantitative estimate of drug-likeness (QED) is 0.357. The van der Waals surface area contributed by atoms with Crippen LogP contribution in [0.5, 0.6) is 0 Å². The Kier molecular flexibility index (Phi) is 4.11. The first-order valence-corrected chi connectivity index (χ1v) is 4.04. The van der Waals surface area contributed by atoms with Crippen LogP contribution in [0, 0.1) is 5.41 Å². The Morgan fingerprint density at radius 2 is 1.43 bits per heavy atom. The molecule has 0 fully saturated rings. The molecule has 0 unspecified atom stereocenters. The molecule has 0 heterocycles. The van der Waals surface area contributed by atoms with E-state index in [9.17, 15) is 26.3 Å². The van der Waals surface area contributed by atoms with Crippen molar-refractivity contribution in [1.82, 2.24) is 0 Å². The summed E-state index contributed by atoms with van der Waals surface area (Å²) in [6.45, 7) is -0.000972. The van der Waals surface area contributed by atoms with Crippen molar-refractivity contribution in [2.24, 2.45) is 5.41 Å². The van der Waals surface area contributed by atoms with Gasteiger partial charge in [0.25, 0.3) is 0 Å². The zero-order valence-electron chi connectivity index (χ0n) is 6.74. The molecule has 0 aliphatic carbocycles. The third-order valence-corrected chi connectivity index (χ3v) is 2.45. The van der Waals surface area contributed by atoms with E-state index in [4.69, 9.17) is 5.26 Å². The maximum atomic E-state index is 12.1. The molecule has 0 amide bonds. The lowest BCUT2D eigenvalue weighted by Crippen LogP contribution is -2.49. The Labute approximate surface area is 79.4 Å². The summed E-state index contributed by atoms with van der Waals surface area (Å²) in [7, 11) is 0. The number of hydrogen-bond donors (Lipinski definition) is 1. The van der Waals surface area contributed by atoms with Crippen LogP contribution in [0.25, 0.3) is 0 Å². The summed E-state index contributed by atoms with van der Waals surface area (Å²) in [5, 5.41) is 7.69. The molecule has 0 radical (unpaired) electrons. The molecule has 0 rings (SSSR count). The Morgan fingerprint density at radius 1 is 1.07 bits per heavy atom. The fraction of sp³-hybridized carbons (Fsp3) is 1.00. The van der Waals surface area contributed by atoms with E-state index < -0.39 is 23.5 Å². The normalized spacial score (nSPS) is 14.6. The van der Waals surface area contributed by atoms with Gasteiger partial charge >= 0.3 is 12.4 Å². The van der Waals surface area contributed by atoms with Crippen molar-refractivity contribution in [2.45, 2.75) is 19.3 Å². The zero-order valence-corrected chi connectivity index (χ0v) is 7.56. The second-order valence-corrected chi connectivity index (χ2v) is 3.34. The van der Waals surface area contributed by atoms with E-state index in [-0.39, 0.29) is 19.0 Å². The monoisotopic (exact) mass is 244 g/mol. The van der Waals surface area contributed by atoms with Crippen LogP contribution in [0.4, 0.5) is 26.3 Å². The van der Waals surface area contributed by atoms with Gasteiger partial charge in [-0.3, -0.25) is 0 Å². The molecule has 0 spiro atoms. The highest BCUT2D eigenvalue weighted by molar-refractivity contribution is 7.94. The number of halogens is 6. The molecule has 0 saturated carbocycles. The molecule has 9 heteroatoms. The van der Waals surface area contributed by atoms with Gasteiger partial charge in [-0.25, -0.2) is 5.26 Å². The summed E-state index contributed by atoms with van der Waals surface area (Å²) in [5.41, 5.74) is -3.90. The minimum atomic E-state index is -5.45. The van der Waals surface area contributed by atoms with Crippen LogP contribution in [-0.2, 0) is 4.33 Å². The predicted molar refractivity (Wildman–Crippen MR) is 36.4 cm³/mol.